The third-order valence-corrected chi connectivity index (χ3v) is 2.02. The number of aromatic nitrogens is 2. The maximum Gasteiger partial charge on any atom is 0.223 e. The van der Waals surface area contributed by atoms with Crippen LogP contribution >= 0.6 is 11.6 Å². The highest BCUT2D eigenvalue weighted by Gasteiger charge is 2.19. The monoisotopic (exact) mass is 242 g/mol. The molecule has 1 aromatic rings. The fourth-order valence-electron chi connectivity index (χ4n) is 1.05. The zero-order valence-electron chi connectivity index (χ0n) is 9.57. The van der Waals surface area contributed by atoms with Gasteiger partial charge in [-0.25, -0.2) is 9.97 Å². The van der Waals surface area contributed by atoms with E-state index in [0.717, 1.165) is 0 Å². The summed E-state index contributed by atoms with van der Waals surface area (Å²) in [5.41, 5.74) is 0.0371. The van der Waals surface area contributed by atoms with Crippen LogP contribution in [0.5, 0.6) is 0 Å². The van der Waals surface area contributed by atoms with E-state index in [2.05, 4.69) is 9.97 Å². The van der Waals surface area contributed by atoms with Crippen LogP contribution in [0.25, 0.3) is 6.08 Å². The molecule has 1 N–H and O–H groups in total. The molecule has 0 unspecified atom stereocenters. The lowest BCUT2D eigenvalue weighted by Gasteiger charge is -2.16. The average Bonchev–Trinajstić information content (AvgIpc) is 2.16. The molecule has 0 fully saturated rings. The lowest BCUT2D eigenvalue weighted by Crippen LogP contribution is -2.18. The van der Waals surface area contributed by atoms with E-state index in [9.17, 15) is 5.11 Å². The molecular formula is C11H15ClN2O2. The molecule has 0 saturated heterocycles. The maximum absolute atomic E-state index is 9.81. The number of halogens is 1. The molecule has 0 aliphatic rings. The second-order valence-corrected chi connectivity index (χ2v) is 4.10. The Bertz CT molecular complexity index is 386. The first-order chi connectivity index (χ1) is 7.43. The van der Waals surface area contributed by atoms with E-state index in [4.69, 9.17) is 16.3 Å². The second kappa shape index (κ2) is 5.27. The van der Waals surface area contributed by atoms with Crippen molar-refractivity contribution in [2.75, 3.05) is 6.61 Å². The van der Waals surface area contributed by atoms with Gasteiger partial charge < -0.3 is 9.84 Å². The van der Waals surface area contributed by atoms with Crippen molar-refractivity contribution in [2.24, 2.45) is 0 Å². The molecule has 0 atom stereocenters. The van der Waals surface area contributed by atoms with Gasteiger partial charge in [0, 0.05) is 0 Å². The average molecular weight is 243 g/mol. The van der Waals surface area contributed by atoms with Gasteiger partial charge in [-0.2, -0.15) is 0 Å². The molecule has 4 nitrogen and oxygen atoms in total. The predicted molar refractivity (Wildman–Crippen MR) is 62.9 cm³/mol. The first kappa shape index (κ1) is 12.9. The van der Waals surface area contributed by atoms with Crippen molar-refractivity contribution in [1.29, 1.82) is 0 Å². The van der Waals surface area contributed by atoms with Crippen molar-refractivity contribution in [1.82, 2.24) is 9.97 Å². The first-order valence-corrected chi connectivity index (χ1v) is 5.37. The number of rotatable bonds is 4. The SMILES string of the molecule is CCOC=Cc1cc(C(C)(C)O)nc(Cl)n1. The lowest BCUT2D eigenvalue weighted by atomic mass is 10.0. The minimum Gasteiger partial charge on any atom is -0.501 e. The highest BCUT2D eigenvalue weighted by Crippen LogP contribution is 2.19. The van der Waals surface area contributed by atoms with Gasteiger partial charge in [-0.3, -0.25) is 0 Å². The quantitative estimate of drug-likeness (QED) is 0.651. The van der Waals surface area contributed by atoms with Crippen molar-refractivity contribution >= 4 is 17.7 Å². The van der Waals surface area contributed by atoms with Gasteiger partial charge in [-0.15, -0.1) is 0 Å². The van der Waals surface area contributed by atoms with E-state index in [0.29, 0.717) is 18.0 Å². The first-order valence-electron chi connectivity index (χ1n) is 4.99. The Hall–Kier alpha value is -1.13. The number of nitrogens with zero attached hydrogens (tertiary/aromatic N) is 2. The number of hydrogen-bond acceptors (Lipinski definition) is 4. The Labute approximate surface area is 99.9 Å². The van der Waals surface area contributed by atoms with Gasteiger partial charge in [0.15, 0.2) is 0 Å². The summed E-state index contributed by atoms with van der Waals surface area (Å²) in [6.07, 6.45) is 3.21. The van der Waals surface area contributed by atoms with E-state index < -0.39 is 5.60 Å². The molecule has 0 bridgehead atoms. The molecule has 0 aliphatic carbocycles. The lowest BCUT2D eigenvalue weighted by molar-refractivity contribution is 0.0736. The van der Waals surface area contributed by atoms with Gasteiger partial charge in [0.05, 0.1) is 24.3 Å². The normalized spacial score (nSPS) is 12.1. The Kier molecular flexibility index (Phi) is 4.26. The van der Waals surface area contributed by atoms with Crippen LogP contribution in [0.3, 0.4) is 0 Å². The Morgan fingerprint density at radius 1 is 1.50 bits per heavy atom. The van der Waals surface area contributed by atoms with Crippen molar-refractivity contribution in [3.05, 3.63) is 29.0 Å². The fourth-order valence-corrected chi connectivity index (χ4v) is 1.24. The molecule has 16 heavy (non-hydrogen) atoms. The number of ether oxygens (including phenoxy) is 1. The summed E-state index contributed by atoms with van der Waals surface area (Å²) in [7, 11) is 0. The number of aliphatic hydroxyl groups is 1. The van der Waals surface area contributed by atoms with Gasteiger partial charge in [-0.05, 0) is 44.5 Å². The largest absolute Gasteiger partial charge is 0.501 e. The smallest absolute Gasteiger partial charge is 0.223 e. The van der Waals surface area contributed by atoms with E-state index >= 15 is 0 Å². The molecule has 88 valence electrons. The topological polar surface area (TPSA) is 55.2 Å². The Morgan fingerprint density at radius 2 is 2.19 bits per heavy atom. The van der Waals surface area contributed by atoms with Crippen molar-refractivity contribution in [3.8, 4) is 0 Å². The summed E-state index contributed by atoms with van der Waals surface area (Å²) >= 11 is 5.76. The molecule has 0 amide bonds. The summed E-state index contributed by atoms with van der Waals surface area (Å²) < 4.78 is 5.06. The molecule has 0 spiro atoms. The zero-order chi connectivity index (χ0) is 12.2. The molecule has 0 saturated carbocycles. The predicted octanol–water partition coefficient (Wildman–Crippen LogP) is 2.36. The Morgan fingerprint density at radius 3 is 2.75 bits per heavy atom. The van der Waals surface area contributed by atoms with Gasteiger partial charge in [-0.1, -0.05) is 0 Å². The standard InChI is InChI=1S/C11H15ClN2O2/c1-4-16-6-5-8-7-9(11(2,3)15)14-10(12)13-8/h5-7,15H,4H2,1-3H3. The molecule has 0 aromatic carbocycles. The molecule has 0 aliphatic heterocycles. The van der Waals surface area contributed by atoms with Crippen LogP contribution in [0.15, 0.2) is 12.3 Å². The number of hydrogen-bond donors (Lipinski definition) is 1. The van der Waals surface area contributed by atoms with Crippen LogP contribution < -0.4 is 0 Å². The maximum atomic E-state index is 9.81. The van der Waals surface area contributed by atoms with Crippen LogP contribution in [0.4, 0.5) is 0 Å². The second-order valence-electron chi connectivity index (χ2n) is 3.76. The van der Waals surface area contributed by atoms with Gasteiger partial charge in [0.1, 0.15) is 5.60 Å². The van der Waals surface area contributed by atoms with Gasteiger partial charge in [0.25, 0.3) is 0 Å². The molecular weight excluding hydrogens is 228 g/mol. The zero-order valence-corrected chi connectivity index (χ0v) is 10.3. The van der Waals surface area contributed by atoms with Crippen molar-refractivity contribution < 1.29 is 9.84 Å². The molecule has 5 heteroatoms. The van der Waals surface area contributed by atoms with E-state index in [1.807, 2.05) is 6.92 Å². The van der Waals surface area contributed by atoms with Crippen LogP contribution in [0.1, 0.15) is 32.2 Å². The third-order valence-electron chi connectivity index (χ3n) is 1.85. The highest BCUT2D eigenvalue weighted by molar-refractivity contribution is 6.28. The fraction of sp³-hybridized carbons (Fsp3) is 0.455. The van der Waals surface area contributed by atoms with E-state index in [-0.39, 0.29) is 5.28 Å². The molecule has 1 aromatic heterocycles. The third kappa shape index (κ3) is 3.79. The highest BCUT2D eigenvalue weighted by atomic mass is 35.5. The van der Waals surface area contributed by atoms with Crippen molar-refractivity contribution in [3.63, 3.8) is 0 Å². The summed E-state index contributed by atoms with van der Waals surface area (Å²) in [5.74, 6) is 0. The molecule has 1 rings (SSSR count). The van der Waals surface area contributed by atoms with Gasteiger partial charge >= 0.3 is 0 Å². The van der Waals surface area contributed by atoms with Crippen LogP contribution in [0.2, 0.25) is 5.28 Å². The van der Waals surface area contributed by atoms with E-state index in [1.165, 1.54) is 6.26 Å². The van der Waals surface area contributed by atoms with Crippen LogP contribution in [-0.4, -0.2) is 21.7 Å². The summed E-state index contributed by atoms with van der Waals surface area (Å²) in [5, 5.41) is 9.91. The van der Waals surface area contributed by atoms with Crippen LogP contribution in [-0.2, 0) is 10.3 Å². The Balaban J connectivity index is 2.99. The summed E-state index contributed by atoms with van der Waals surface area (Å²) in [4.78, 5) is 7.96. The summed E-state index contributed by atoms with van der Waals surface area (Å²) in [6.45, 7) is 5.76. The van der Waals surface area contributed by atoms with Crippen molar-refractivity contribution in [2.45, 2.75) is 26.4 Å². The van der Waals surface area contributed by atoms with Crippen LogP contribution in [0, 0.1) is 0 Å². The molecule has 0 radical (unpaired) electrons. The van der Waals surface area contributed by atoms with Gasteiger partial charge in [0.2, 0.25) is 5.28 Å². The minimum absolute atomic E-state index is 0.107. The minimum atomic E-state index is -1.04. The van der Waals surface area contributed by atoms with E-state index in [1.54, 1.807) is 26.0 Å². The molecule has 1 heterocycles. The summed E-state index contributed by atoms with van der Waals surface area (Å²) in [6, 6.07) is 1.67.